The molecule has 0 fully saturated rings. The number of carbonyl (C=O) groups is 1. The van der Waals surface area contributed by atoms with Crippen LogP contribution in [0.1, 0.15) is 5.56 Å². The fraction of sp³-hybridized carbons (Fsp3) is 0.0714. The molecular weight excluding hydrogens is 335 g/mol. The fourth-order valence-electron chi connectivity index (χ4n) is 1.64. The molecule has 0 radical (unpaired) electrons. The molecular formula is C14H9BrF3NO. The van der Waals surface area contributed by atoms with E-state index in [2.05, 4.69) is 21.2 Å². The highest BCUT2D eigenvalue weighted by molar-refractivity contribution is 9.10. The second-order valence-electron chi connectivity index (χ2n) is 4.06. The van der Waals surface area contributed by atoms with Crippen LogP contribution in [-0.2, 0) is 11.2 Å². The van der Waals surface area contributed by atoms with Crippen LogP contribution in [0.15, 0.2) is 40.9 Å². The van der Waals surface area contributed by atoms with E-state index in [1.165, 1.54) is 30.3 Å². The maximum Gasteiger partial charge on any atom is 0.228 e. The van der Waals surface area contributed by atoms with Crippen LogP contribution in [-0.4, -0.2) is 5.91 Å². The Kier molecular flexibility index (Phi) is 4.44. The molecule has 0 unspecified atom stereocenters. The van der Waals surface area contributed by atoms with Gasteiger partial charge in [0.2, 0.25) is 5.91 Å². The van der Waals surface area contributed by atoms with Gasteiger partial charge in [-0.2, -0.15) is 0 Å². The SMILES string of the molecule is O=C(Cc1cccc(F)c1F)Nc1ccc(F)cc1Br. The molecule has 2 rings (SSSR count). The number of amides is 1. The zero-order valence-electron chi connectivity index (χ0n) is 10.1. The summed E-state index contributed by atoms with van der Waals surface area (Å²) in [6.45, 7) is 0. The van der Waals surface area contributed by atoms with Crippen molar-refractivity contribution in [3.8, 4) is 0 Å². The molecule has 2 aromatic carbocycles. The van der Waals surface area contributed by atoms with Gasteiger partial charge in [0.05, 0.1) is 12.1 Å². The van der Waals surface area contributed by atoms with Crippen LogP contribution in [0.3, 0.4) is 0 Å². The number of hydrogen-bond acceptors (Lipinski definition) is 1. The lowest BCUT2D eigenvalue weighted by molar-refractivity contribution is -0.115. The van der Waals surface area contributed by atoms with Gasteiger partial charge in [-0.25, -0.2) is 13.2 Å². The Balaban J connectivity index is 2.11. The minimum Gasteiger partial charge on any atom is -0.325 e. The molecule has 104 valence electrons. The van der Waals surface area contributed by atoms with Crippen molar-refractivity contribution in [3.63, 3.8) is 0 Å². The van der Waals surface area contributed by atoms with Crippen molar-refractivity contribution in [3.05, 3.63) is 63.9 Å². The van der Waals surface area contributed by atoms with Crippen LogP contribution < -0.4 is 5.32 Å². The predicted octanol–water partition coefficient (Wildman–Crippen LogP) is 4.05. The van der Waals surface area contributed by atoms with Gasteiger partial charge in [0.15, 0.2) is 11.6 Å². The maximum atomic E-state index is 13.4. The molecule has 0 heterocycles. The van der Waals surface area contributed by atoms with Gasteiger partial charge in [0, 0.05) is 10.0 Å². The average Bonchev–Trinajstić information content (AvgIpc) is 2.38. The Hall–Kier alpha value is -1.82. The Bertz CT molecular complexity index is 661. The smallest absolute Gasteiger partial charge is 0.228 e. The molecule has 0 bridgehead atoms. The fourth-order valence-corrected chi connectivity index (χ4v) is 2.09. The summed E-state index contributed by atoms with van der Waals surface area (Å²) in [5.74, 6) is -3.02. The van der Waals surface area contributed by atoms with Gasteiger partial charge < -0.3 is 5.32 Å². The summed E-state index contributed by atoms with van der Waals surface area (Å²) in [6, 6.07) is 7.39. The highest BCUT2D eigenvalue weighted by Gasteiger charge is 2.12. The van der Waals surface area contributed by atoms with Crippen molar-refractivity contribution in [1.82, 2.24) is 0 Å². The first kappa shape index (κ1) is 14.6. The molecule has 0 saturated heterocycles. The Morgan fingerprint density at radius 3 is 2.60 bits per heavy atom. The van der Waals surface area contributed by atoms with E-state index >= 15 is 0 Å². The van der Waals surface area contributed by atoms with Crippen LogP contribution in [0.2, 0.25) is 0 Å². The van der Waals surface area contributed by atoms with Crippen LogP contribution in [0.5, 0.6) is 0 Å². The second kappa shape index (κ2) is 6.09. The van der Waals surface area contributed by atoms with E-state index in [4.69, 9.17) is 0 Å². The van der Waals surface area contributed by atoms with E-state index in [1.54, 1.807) is 0 Å². The van der Waals surface area contributed by atoms with E-state index in [1.807, 2.05) is 0 Å². The summed E-state index contributed by atoms with van der Waals surface area (Å²) in [7, 11) is 0. The lowest BCUT2D eigenvalue weighted by Gasteiger charge is -2.08. The number of benzene rings is 2. The standard InChI is InChI=1S/C14H9BrF3NO/c15-10-7-9(16)4-5-12(10)19-13(20)6-8-2-1-3-11(17)14(8)18/h1-5,7H,6H2,(H,19,20). The Morgan fingerprint density at radius 1 is 1.15 bits per heavy atom. The lowest BCUT2D eigenvalue weighted by Crippen LogP contribution is -2.16. The van der Waals surface area contributed by atoms with Crippen molar-refractivity contribution in [2.45, 2.75) is 6.42 Å². The van der Waals surface area contributed by atoms with Crippen molar-refractivity contribution >= 4 is 27.5 Å². The topological polar surface area (TPSA) is 29.1 Å². The highest BCUT2D eigenvalue weighted by Crippen LogP contribution is 2.23. The normalized spacial score (nSPS) is 10.4. The van der Waals surface area contributed by atoms with Crippen LogP contribution in [0, 0.1) is 17.5 Å². The van der Waals surface area contributed by atoms with Crippen molar-refractivity contribution in [2.24, 2.45) is 0 Å². The molecule has 2 aromatic rings. The summed E-state index contributed by atoms with van der Waals surface area (Å²) in [6.07, 6.45) is -0.312. The number of hydrogen-bond donors (Lipinski definition) is 1. The number of anilines is 1. The van der Waals surface area contributed by atoms with Gasteiger partial charge in [-0.15, -0.1) is 0 Å². The van der Waals surface area contributed by atoms with Crippen molar-refractivity contribution in [2.75, 3.05) is 5.32 Å². The average molecular weight is 344 g/mol. The third-order valence-corrected chi connectivity index (χ3v) is 3.24. The van der Waals surface area contributed by atoms with E-state index in [-0.39, 0.29) is 12.0 Å². The molecule has 2 nitrogen and oxygen atoms in total. The van der Waals surface area contributed by atoms with Gasteiger partial charge >= 0.3 is 0 Å². The molecule has 0 aliphatic heterocycles. The van der Waals surface area contributed by atoms with Gasteiger partial charge in [-0.3, -0.25) is 4.79 Å². The van der Waals surface area contributed by atoms with Crippen LogP contribution in [0.25, 0.3) is 0 Å². The molecule has 1 N–H and O–H groups in total. The Morgan fingerprint density at radius 2 is 1.90 bits per heavy atom. The molecule has 0 aliphatic rings. The number of carbonyl (C=O) groups excluding carboxylic acids is 1. The molecule has 6 heteroatoms. The quantitative estimate of drug-likeness (QED) is 0.894. The lowest BCUT2D eigenvalue weighted by atomic mass is 10.1. The predicted molar refractivity (Wildman–Crippen MR) is 72.8 cm³/mol. The molecule has 0 aromatic heterocycles. The summed E-state index contributed by atoms with van der Waals surface area (Å²) >= 11 is 3.10. The monoisotopic (exact) mass is 343 g/mol. The van der Waals surface area contributed by atoms with E-state index in [0.29, 0.717) is 10.2 Å². The summed E-state index contributed by atoms with van der Waals surface area (Å²) in [5, 5.41) is 2.49. The minimum atomic E-state index is -1.04. The second-order valence-corrected chi connectivity index (χ2v) is 4.92. The first-order valence-corrected chi connectivity index (χ1v) is 6.44. The summed E-state index contributed by atoms with van der Waals surface area (Å²) in [5.41, 5.74) is 0.314. The zero-order chi connectivity index (χ0) is 14.7. The summed E-state index contributed by atoms with van der Waals surface area (Å²) in [4.78, 5) is 11.8. The molecule has 20 heavy (non-hydrogen) atoms. The number of rotatable bonds is 3. The number of nitrogens with one attached hydrogen (secondary N) is 1. The van der Waals surface area contributed by atoms with E-state index in [0.717, 1.165) is 6.07 Å². The summed E-state index contributed by atoms with van der Waals surface area (Å²) < 4.78 is 39.7. The van der Waals surface area contributed by atoms with E-state index in [9.17, 15) is 18.0 Å². The maximum absolute atomic E-state index is 13.4. The number of halogens is 4. The molecule has 0 saturated carbocycles. The zero-order valence-corrected chi connectivity index (χ0v) is 11.7. The van der Waals surface area contributed by atoms with Gasteiger partial charge in [-0.05, 0) is 40.2 Å². The first-order valence-electron chi connectivity index (χ1n) is 5.65. The van der Waals surface area contributed by atoms with Gasteiger partial charge in [-0.1, -0.05) is 12.1 Å². The van der Waals surface area contributed by atoms with E-state index < -0.39 is 23.4 Å². The minimum absolute atomic E-state index is 0.0410. The van der Waals surface area contributed by atoms with Crippen LogP contribution >= 0.6 is 15.9 Å². The highest BCUT2D eigenvalue weighted by atomic mass is 79.9. The molecule has 0 aliphatic carbocycles. The van der Waals surface area contributed by atoms with Crippen LogP contribution in [0.4, 0.5) is 18.9 Å². The molecule has 0 atom stereocenters. The van der Waals surface area contributed by atoms with Crippen molar-refractivity contribution in [1.29, 1.82) is 0 Å². The Labute approximate surface area is 121 Å². The van der Waals surface area contributed by atoms with Gasteiger partial charge in [0.25, 0.3) is 0 Å². The molecule has 1 amide bonds. The first-order chi connectivity index (χ1) is 9.47. The van der Waals surface area contributed by atoms with Gasteiger partial charge in [0.1, 0.15) is 5.82 Å². The third-order valence-electron chi connectivity index (χ3n) is 2.59. The van der Waals surface area contributed by atoms with Crippen molar-refractivity contribution < 1.29 is 18.0 Å². The third kappa shape index (κ3) is 3.39. The molecule has 0 spiro atoms. The largest absolute Gasteiger partial charge is 0.325 e.